The first-order valence-electron chi connectivity index (χ1n) is 7.32. The zero-order valence-corrected chi connectivity index (χ0v) is 11.9. The van der Waals surface area contributed by atoms with E-state index in [1.165, 1.54) is 29.5 Å². The molecule has 3 rings (SSSR count). The number of nitrogens with zero attached hydrogens (tertiary/aromatic N) is 1. The Kier molecular flexibility index (Phi) is 3.61. The van der Waals surface area contributed by atoms with Gasteiger partial charge in [-0.25, -0.2) is 0 Å². The maximum Gasteiger partial charge on any atom is 0.0707 e. The molecule has 3 atom stereocenters. The molecule has 0 aromatic heterocycles. The van der Waals surface area contributed by atoms with Gasteiger partial charge in [0, 0.05) is 25.7 Å². The number of benzene rings is 1. The first-order valence-corrected chi connectivity index (χ1v) is 7.32. The molecule has 3 nitrogen and oxygen atoms in total. The van der Waals surface area contributed by atoms with Gasteiger partial charge < -0.3 is 10.5 Å². The maximum absolute atomic E-state index is 6.39. The van der Waals surface area contributed by atoms with Crippen LogP contribution >= 0.6 is 0 Å². The Bertz CT molecular complexity index is 428. The van der Waals surface area contributed by atoms with Gasteiger partial charge in [-0.3, -0.25) is 4.90 Å². The van der Waals surface area contributed by atoms with Crippen LogP contribution in [-0.2, 0) is 4.74 Å². The lowest BCUT2D eigenvalue weighted by molar-refractivity contribution is -0.0397. The molecule has 2 aliphatic heterocycles. The molecule has 2 heterocycles. The zero-order chi connectivity index (χ0) is 13.4. The van der Waals surface area contributed by atoms with Gasteiger partial charge in [-0.2, -0.15) is 0 Å². The van der Waals surface area contributed by atoms with Crippen LogP contribution in [0.4, 0.5) is 0 Å². The first kappa shape index (κ1) is 13.1. The van der Waals surface area contributed by atoms with E-state index < -0.39 is 0 Å². The summed E-state index contributed by atoms with van der Waals surface area (Å²) in [5.74, 6) is 0. The van der Waals surface area contributed by atoms with Gasteiger partial charge in [0.15, 0.2) is 0 Å². The van der Waals surface area contributed by atoms with Crippen molar-refractivity contribution in [3.05, 3.63) is 34.9 Å². The van der Waals surface area contributed by atoms with Gasteiger partial charge in [0.25, 0.3) is 0 Å². The predicted octanol–water partition coefficient (Wildman–Crippen LogP) is 2.17. The summed E-state index contributed by atoms with van der Waals surface area (Å²) >= 11 is 0. The second kappa shape index (κ2) is 5.23. The van der Waals surface area contributed by atoms with Crippen molar-refractivity contribution in [2.45, 2.75) is 44.9 Å². The third-order valence-corrected chi connectivity index (χ3v) is 4.25. The molecule has 0 spiro atoms. The Morgan fingerprint density at radius 2 is 1.74 bits per heavy atom. The fourth-order valence-electron chi connectivity index (χ4n) is 3.46. The summed E-state index contributed by atoms with van der Waals surface area (Å²) in [4.78, 5) is 2.48. The minimum atomic E-state index is 0.107. The van der Waals surface area contributed by atoms with Crippen molar-refractivity contribution in [2.75, 3.05) is 19.6 Å². The van der Waals surface area contributed by atoms with Crippen molar-refractivity contribution in [3.8, 4) is 0 Å². The van der Waals surface area contributed by atoms with E-state index in [9.17, 15) is 0 Å². The molecule has 3 unspecified atom stereocenters. The summed E-state index contributed by atoms with van der Waals surface area (Å²) in [5.41, 5.74) is 10.3. The number of ether oxygens (including phenoxy) is 1. The second-order valence-corrected chi connectivity index (χ2v) is 6.20. The topological polar surface area (TPSA) is 38.5 Å². The molecule has 2 bridgehead atoms. The van der Waals surface area contributed by atoms with Gasteiger partial charge in [-0.15, -0.1) is 0 Å². The summed E-state index contributed by atoms with van der Waals surface area (Å²) in [6.45, 7) is 7.32. The minimum absolute atomic E-state index is 0.107. The smallest absolute Gasteiger partial charge is 0.0707 e. The van der Waals surface area contributed by atoms with Crippen LogP contribution < -0.4 is 5.73 Å². The number of hydrogen-bond acceptors (Lipinski definition) is 3. The second-order valence-electron chi connectivity index (χ2n) is 6.20. The summed E-state index contributed by atoms with van der Waals surface area (Å²) < 4.78 is 5.87. The van der Waals surface area contributed by atoms with Crippen molar-refractivity contribution in [1.82, 2.24) is 4.90 Å². The van der Waals surface area contributed by atoms with E-state index in [4.69, 9.17) is 10.5 Å². The van der Waals surface area contributed by atoms with Crippen molar-refractivity contribution in [2.24, 2.45) is 5.73 Å². The van der Waals surface area contributed by atoms with Crippen molar-refractivity contribution in [1.29, 1.82) is 0 Å². The summed E-state index contributed by atoms with van der Waals surface area (Å²) in [6, 6.07) is 6.74. The average molecular weight is 260 g/mol. The molecule has 2 aliphatic rings. The van der Waals surface area contributed by atoms with Gasteiger partial charge in [-0.1, -0.05) is 29.3 Å². The molecular formula is C16H24N2O. The molecular weight excluding hydrogens is 236 g/mol. The van der Waals surface area contributed by atoms with Crippen LogP contribution in [0, 0.1) is 13.8 Å². The summed E-state index contributed by atoms with van der Waals surface area (Å²) in [6.07, 6.45) is 3.34. The lowest BCUT2D eigenvalue weighted by Crippen LogP contribution is -2.45. The highest BCUT2D eigenvalue weighted by Crippen LogP contribution is 2.27. The Balaban J connectivity index is 1.66. The molecule has 1 aromatic carbocycles. The molecule has 0 saturated carbocycles. The third-order valence-electron chi connectivity index (χ3n) is 4.25. The van der Waals surface area contributed by atoms with Crippen LogP contribution in [0.3, 0.4) is 0 Å². The Morgan fingerprint density at radius 1 is 1.16 bits per heavy atom. The van der Waals surface area contributed by atoms with E-state index in [0.717, 1.165) is 19.6 Å². The quantitative estimate of drug-likeness (QED) is 0.905. The largest absolute Gasteiger partial charge is 0.372 e. The maximum atomic E-state index is 6.39. The molecule has 3 heteroatoms. The van der Waals surface area contributed by atoms with Crippen LogP contribution in [-0.4, -0.2) is 36.7 Å². The number of morpholine rings is 1. The fourth-order valence-corrected chi connectivity index (χ4v) is 3.46. The Labute approximate surface area is 115 Å². The lowest BCUT2D eigenvalue weighted by Gasteiger charge is -2.33. The van der Waals surface area contributed by atoms with Crippen molar-refractivity contribution in [3.63, 3.8) is 0 Å². The highest BCUT2D eigenvalue weighted by atomic mass is 16.5. The van der Waals surface area contributed by atoms with E-state index in [2.05, 4.69) is 36.9 Å². The van der Waals surface area contributed by atoms with E-state index in [1.54, 1.807) is 0 Å². The van der Waals surface area contributed by atoms with Gasteiger partial charge in [0.2, 0.25) is 0 Å². The van der Waals surface area contributed by atoms with E-state index >= 15 is 0 Å². The number of aryl methyl sites for hydroxylation is 2. The highest BCUT2D eigenvalue weighted by Gasteiger charge is 2.34. The SMILES string of the molecule is Cc1cc(C)cc(C(N)CN2CC3CCC(C2)O3)c1. The molecule has 0 amide bonds. The number of nitrogens with two attached hydrogens (primary N) is 1. The molecule has 2 saturated heterocycles. The number of rotatable bonds is 3. The zero-order valence-electron chi connectivity index (χ0n) is 11.9. The fraction of sp³-hybridized carbons (Fsp3) is 0.625. The Morgan fingerprint density at radius 3 is 2.32 bits per heavy atom. The molecule has 2 fully saturated rings. The molecule has 2 N–H and O–H groups in total. The predicted molar refractivity (Wildman–Crippen MR) is 77.2 cm³/mol. The first-order chi connectivity index (χ1) is 9.10. The number of likely N-dealkylation sites (tertiary alicyclic amines) is 1. The monoisotopic (exact) mass is 260 g/mol. The van der Waals surface area contributed by atoms with Gasteiger partial charge in [0.05, 0.1) is 12.2 Å². The van der Waals surface area contributed by atoms with E-state index in [1.807, 2.05) is 0 Å². The standard InChI is InChI=1S/C16H24N2O/c1-11-5-12(2)7-13(6-11)16(17)10-18-8-14-3-4-15(9-18)19-14/h5-7,14-16H,3-4,8-10,17H2,1-2H3. The Hall–Kier alpha value is -0.900. The normalized spacial score (nSPS) is 28.6. The van der Waals surface area contributed by atoms with Crippen LogP contribution in [0.2, 0.25) is 0 Å². The third kappa shape index (κ3) is 2.99. The van der Waals surface area contributed by atoms with Crippen LogP contribution in [0.1, 0.15) is 35.6 Å². The highest BCUT2D eigenvalue weighted by molar-refractivity contribution is 5.30. The molecule has 1 aromatic rings. The number of hydrogen-bond donors (Lipinski definition) is 1. The van der Waals surface area contributed by atoms with Crippen molar-refractivity contribution >= 4 is 0 Å². The summed E-state index contributed by atoms with van der Waals surface area (Å²) in [7, 11) is 0. The van der Waals surface area contributed by atoms with E-state index in [0.29, 0.717) is 12.2 Å². The van der Waals surface area contributed by atoms with Gasteiger partial charge in [-0.05, 0) is 32.3 Å². The van der Waals surface area contributed by atoms with Crippen LogP contribution in [0.25, 0.3) is 0 Å². The van der Waals surface area contributed by atoms with Crippen molar-refractivity contribution < 1.29 is 4.74 Å². The molecule has 104 valence electrons. The molecule has 0 radical (unpaired) electrons. The van der Waals surface area contributed by atoms with Gasteiger partial charge >= 0.3 is 0 Å². The lowest BCUT2D eigenvalue weighted by atomic mass is 10.0. The average Bonchev–Trinajstić information content (AvgIpc) is 2.67. The van der Waals surface area contributed by atoms with Gasteiger partial charge in [0.1, 0.15) is 0 Å². The number of fused-ring (bicyclic) bond motifs is 2. The van der Waals surface area contributed by atoms with Crippen LogP contribution in [0.15, 0.2) is 18.2 Å². The minimum Gasteiger partial charge on any atom is -0.372 e. The molecule has 19 heavy (non-hydrogen) atoms. The van der Waals surface area contributed by atoms with Crippen LogP contribution in [0.5, 0.6) is 0 Å². The summed E-state index contributed by atoms with van der Waals surface area (Å²) in [5, 5.41) is 0. The molecule has 0 aliphatic carbocycles. The van der Waals surface area contributed by atoms with E-state index in [-0.39, 0.29) is 6.04 Å².